The number of pyridine rings is 1. The average molecular weight is 265 g/mol. The highest BCUT2D eigenvalue weighted by atomic mass is 19.4. The van der Waals surface area contributed by atoms with Gasteiger partial charge < -0.3 is 14.6 Å². The molecule has 0 aliphatic carbocycles. The fourth-order valence-corrected chi connectivity index (χ4v) is 1.35. The number of carboxylic acid groups (broad SMARTS) is 1. The Bertz CT molecular complexity index is 459. The number of carboxylic acids is 1. The van der Waals surface area contributed by atoms with Crippen LogP contribution in [0.15, 0.2) is 6.20 Å². The molecule has 0 aliphatic rings. The molecule has 1 heterocycles. The number of alkyl halides is 3. The summed E-state index contributed by atoms with van der Waals surface area (Å²) in [6, 6.07) is 0. The number of carbonyl (C=O) groups is 1. The third-order valence-electron chi connectivity index (χ3n) is 1.98. The van der Waals surface area contributed by atoms with Crippen LogP contribution in [0.4, 0.5) is 13.2 Å². The Morgan fingerprint density at radius 3 is 2.50 bits per heavy atom. The van der Waals surface area contributed by atoms with Crippen molar-refractivity contribution in [3.63, 3.8) is 0 Å². The minimum absolute atomic E-state index is 0.182. The minimum Gasteiger partial charge on any atom is -0.492 e. The van der Waals surface area contributed by atoms with E-state index >= 15 is 0 Å². The quantitative estimate of drug-likeness (QED) is 0.900. The van der Waals surface area contributed by atoms with Gasteiger partial charge in [-0.3, -0.25) is 9.78 Å². The van der Waals surface area contributed by atoms with Crippen molar-refractivity contribution in [1.82, 2.24) is 4.98 Å². The summed E-state index contributed by atoms with van der Waals surface area (Å²) >= 11 is 0. The van der Waals surface area contributed by atoms with Crippen molar-refractivity contribution in [2.24, 2.45) is 0 Å². The third-order valence-corrected chi connectivity index (χ3v) is 1.98. The van der Waals surface area contributed by atoms with Crippen LogP contribution in [-0.4, -0.2) is 29.5 Å². The molecule has 18 heavy (non-hydrogen) atoms. The number of rotatable bonds is 4. The minimum atomic E-state index is -4.95. The van der Waals surface area contributed by atoms with Crippen LogP contribution in [0, 0.1) is 6.92 Å². The molecule has 0 saturated carbocycles. The second-order valence-electron chi connectivity index (χ2n) is 3.37. The number of hydrogen-bond donors (Lipinski definition) is 1. The molecule has 0 saturated heterocycles. The maximum absolute atomic E-state index is 12.3. The third kappa shape index (κ3) is 3.51. The summed E-state index contributed by atoms with van der Waals surface area (Å²) in [7, 11) is 1.16. The predicted octanol–water partition coefficient (Wildman–Crippen LogP) is 1.92. The van der Waals surface area contributed by atoms with E-state index in [1.807, 2.05) is 0 Å². The van der Waals surface area contributed by atoms with E-state index in [1.165, 1.54) is 13.1 Å². The molecule has 8 heteroatoms. The molecule has 100 valence electrons. The number of ether oxygens (including phenoxy) is 2. The SMILES string of the molecule is COc1c(C)cnc(CC(=O)O)c1OC(F)(F)F. The van der Waals surface area contributed by atoms with Crippen molar-refractivity contribution in [3.05, 3.63) is 17.5 Å². The zero-order chi connectivity index (χ0) is 13.9. The van der Waals surface area contributed by atoms with Crippen molar-refractivity contribution in [3.8, 4) is 11.5 Å². The van der Waals surface area contributed by atoms with Crippen LogP contribution >= 0.6 is 0 Å². The maximum atomic E-state index is 12.3. The number of aromatic nitrogens is 1. The van der Waals surface area contributed by atoms with E-state index in [1.54, 1.807) is 0 Å². The van der Waals surface area contributed by atoms with Gasteiger partial charge in [0, 0.05) is 11.8 Å². The smallest absolute Gasteiger partial charge is 0.492 e. The number of methoxy groups -OCH3 is 1. The molecule has 0 spiro atoms. The molecule has 0 aromatic carbocycles. The van der Waals surface area contributed by atoms with E-state index in [2.05, 4.69) is 9.72 Å². The number of nitrogens with zero attached hydrogens (tertiary/aromatic N) is 1. The number of aryl methyl sites for hydroxylation is 1. The fourth-order valence-electron chi connectivity index (χ4n) is 1.35. The summed E-state index contributed by atoms with van der Waals surface area (Å²) in [5, 5.41) is 8.60. The molecule has 0 aliphatic heterocycles. The van der Waals surface area contributed by atoms with Crippen LogP contribution < -0.4 is 9.47 Å². The molecule has 0 atom stereocenters. The van der Waals surface area contributed by atoms with Gasteiger partial charge in [0.05, 0.1) is 19.2 Å². The Morgan fingerprint density at radius 1 is 1.44 bits per heavy atom. The van der Waals surface area contributed by atoms with Gasteiger partial charge in [0.2, 0.25) is 0 Å². The van der Waals surface area contributed by atoms with E-state index in [-0.39, 0.29) is 11.4 Å². The van der Waals surface area contributed by atoms with E-state index < -0.39 is 24.5 Å². The fraction of sp³-hybridized carbons (Fsp3) is 0.400. The van der Waals surface area contributed by atoms with E-state index in [0.29, 0.717) is 5.56 Å². The van der Waals surface area contributed by atoms with Gasteiger partial charge in [0.25, 0.3) is 0 Å². The Kier molecular flexibility index (Phi) is 4.00. The van der Waals surface area contributed by atoms with Crippen molar-refractivity contribution in [2.75, 3.05) is 7.11 Å². The van der Waals surface area contributed by atoms with E-state index in [0.717, 1.165) is 7.11 Å². The monoisotopic (exact) mass is 265 g/mol. The van der Waals surface area contributed by atoms with Gasteiger partial charge in [-0.25, -0.2) is 0 Å². The molecule has 0 bridgehead atoms. The van der Waals surface area contributed by atoms with Crippen molar-refractivity contribution >= 4 is 5.97 Å². The topological polar surface area (TPSA) is 68.7 Å². The van der Waals surface area contributed by atoms with Gasteiger partial charge in [0.15, 0.2) is 11.5 Å². The first-order valence-corrected chi connectivity index (χ1v) is 4.74. The zero-order valence-electron chi connectivity index (χ0n) is 9.54. The predicted molar refractivity (Wildman–Crippen MR) is 53.5 cm³/mol. The first-order valence-electron chi connectivity index (χ1n) is 4.74. The van der Waals surface area contributed by atoms with Crippen LogP contribution in [0.25, 0.3) is 0 Å². The van der Waals surface area contributed by atoms with E-state index in [9.17, 15) is 18.0 Å². The molecule has 5 nitrogen and oxygen atoms in total. The van der Waals surface area contributed by atoms with Crippen LogP contribution in [0.3, 0.4) is 0 Å². The highest BCUT2D eigenvalue weighted by Gasteiger charge is 2.34. The number of halogens is 3. The molecule has 0 amide bonds. The van der Waals surface area contributed by atoms with Gasteiger partial charge in [-0.2, -0.15) is 0 Å². The summed E-state index contributed by atoms with van der Waals surface area (Å²) in [5.74, 6) is -2.22. The summed E-state index contributed by atoms with van der Waals surface area (Å²) < 4.78 is 45.3. The second-order valence-corrected chi connectivity index (χ2v) is 3.37. The number of hydrogen-bond acceptors (Lipinski definition) is 4. The highest BCUT2D eigenvalue weighted by molar-refractivity contribution is 5.71. The molecule has 0 unspecified atom stereocenters. The Hall–Kier alpha value is -1.99. The molecular formula is C10H10F3NO4. The van der Waals surface area contributed by atoms with Gasteiger partial charge in [-0.05, 0) is 6.92 Å². The summed E-state index contributed by atoms with van der Waals surface area (Å²) in [5.41, 5.74) is -0.0341. The molecule has 0 radical (unpaired) electrons. The lowest BCUT2D eigenvalue weighted by Gasteiger charge is -2.16. The summed E-state index contributed by atoms with van der Waals surface area (Å²) in [4.78, 5) is 14.2. The lowest BCUT2D eigenvalue weighted by atomic mass is 10.2. The van der Waals surface area contributed by atoms with Gasteiger partial charge in [-0.15, -0.1) is 13.2 Å². The molecule has 0 fully saturated rings. The molecule has 1 aromatic heterocycles. The lowest BCUT2D eigenvalue weighted by molar-refractivity contribution is -0.275. The Labute approximate surface area is 100 Å². The number of aliphatic carboxylic acids is 1. The summed E-state index contributed by atoms with van der Waals surface area (Å²) in [6.45, 7) is 1.47. The van der Waals surface area contributed by atoms with Crippen molar-refractivity contribution in [1.29, 1.82) is 0 Å². The standard InChI is InChI=1S/C10H10F3NO4/c1-5-4-14-6(3-7(15)16)9(8(5)17-2)18-10(11,12)13/h4H,3H2,1-2H3,(H,15,16). The first-order chi connectivity index (χ1) is 8.24. The van der Waals surface area contributed by atoms with Crippen LogP contribution in [-0.2, 0) is 11.2 Å². The van der Waals surface area contributed by atoms with Crippen LogP contribution in [0.5, 0.6) is 11.5 Å². The molecule has 1 rings (SSSR count). The first kappa shape index (κ1) is 14.1. The zero-order valence-corrected chi connectivity index (χ0v) is 9.54. The van der Waals surface area contributed by atoms with Crippen molar-refractivity contribution < 1.29 is 32.5 Å². The largest absolute Gasteiger partial charge is 0.573 e. The van der Waals surface area contributed by atoms with E-state index in [4.69, 9.17) is 9.84 Å². The Balaban J connectivity index is 3.29. The molecular weight excluding hydrogens is 255 g/mol. The van der Waals surface area contributed by atoms with Gasteiger partial charge in [0.1, 0.15) is 0 Å². The highest BCUT2D eigenvalue weighted by Crippen LogP contribution is 2.37. The van der Waals surface area contributed by atoms with Crippen LogP contribution in [0.1, 0.15) is 11.3 Å². The normalized spacial score (nSPS) is 11.2. The van der Waals surface area contributed by atoms with Crippen molar-refractivity contribution in [2.45, 2.75) is 19.7 Å². The Morgan fingerprint density at radius 2 is 2.06 bits per heavy atom. The molecule has 1 N–H and O–H groups in total. The summed E-state index contributed by atoms with van der Waals surface area (Å²) in [6.07, 6.45) is -4.42. The average Bonchev–Trinajstić information content (AvgIpc) is 2.20. The second kappa shape index (κ2) is 5.11. The van der Waals surface area contributed by atoms with Gasteiger partial charge in [-0.1, -0.05) is 0 Å². The lowest BCUT2D eigenvalue weighted by Crippen LogP contribution is -2.20. The molecule has 1 aromatic rings. The van der Waals surface area contributed by atoms with Gasteiger partial charge >= 0.3 is 12.3 Å². The van der Waals surface area contributed by atoms with Crippen LogP contribution in [0.2, 0.25) is 0 Å². The maximum Gasteiger partial charge on any atom is 0.573 e.